The summed E-state index contributed by atoms with van der Waals surface area (Å²) in [5.74, 6) is -1.13. The quantitative estimate of drug-likeness (QED) is 0.710. The van der Waals surface area contributed by atoms with E-state index in [4.69, 9.17) is 11.6 Å². The first-order chi connectivity index (χ1) is 13.3. The van der Waals surface area contributed by atoms with Crippen LogP contribution in [0.15, 0.2) is 42.5 Å². The zero-order valence-corrected chi connectivity index (χ0v) is 17.2. The van der Waals surface area contributed by atoms with Crippen LogP contribution in [0.5, 0.6) is 5.75 Å². The van der Waals surface area contributed by atoms with E-state index < -0.39 is 34.1 Å². The molecule has 1 N–H and O–H groups in total. The third kappa shape index (κ3) is 6.26. The van der Waals surface area contributed by atoms with Gasteiger partial charge in [-0.1, -0.05) is 17.7 Å². The van der Waals surface area contributed by atoms with Crippen LogP contribution in [0.25, 0.3) is 0 Å². The molecular formula is C18H18ClF3N2O4S. The van der Waals surface area contributed by atoms with Crippen LogP contribution in [0.3, 0.4) is 0 Å². The normalized spacial score (nSPS) is 12.9. The number of nitrogens with zero attached hydrogens (tertiary/aromatic N) is 1. The number of amides is 1. The fourth-order valence-corrected chi connectivity index (χ4v) is 3.86. The Balaban J connectivity index is 2.22. The molecule has 0 fully saturated rings. The molecule has 0 spiro atoms. The zero-order chi connectivity index (χ0) is 22.0. The number of benzene rings is 2. The number of nitrogens with one attached hydrogen (secondary N) is 1. The van der Waals surface area contributed by atoms with E-state index in [2.05, 4.69) is 10.1 Å². The van der Waals surface area contributed by atoms with E-state index in [0.29, 0.717) is 5.02 Å². The van der Waals surface area contributed by atoms with Crippen molar-refractivity contribution in [3.63, 3.8) is 0 Å². The Morgan fingerprint density at radius 1 is 1.17 bits per heavy atom. The molecule has 2 aromatic carbocycles. The Morgan fingerprint density at radius 2 is 1.76 bits per heavy atom. The number of alkyl halides is 3. The van der Waals surface area contributed by atoms with Gasteiger partial charge >= 0.3 is 6.36 Å². The Morgan fingerprint density at radius 3 is 2.24 bits per heavy atom. The molecule has 0 aliphatic rings. The highest BCUT2D eigenvalue weighted by Crippen LogP contribution is 2.28. The predicted molar refractivity (Wildman–Crippen MR) is 105 cm³/mol. The maximum absolute atomic E-state index is 12.6. The fraction of sp³-hybridized carbons (Fsp3) is 0.278. The summed E-state index contributed by atoms with van der Waals surface area (Å²) >= 11 is 6.07. The third-order valence-corrected chi connectivity index (χ3v) is 5.50. The van der Waals surface area contributed by atoms with Crippen LogP contribution >= 0.6 is 11.6 Å². The lowest BCUT2D eigenvalue weighted by atomic mass is 10.2. The third-order valence-electron chi connectivity index (χ3n) is 3.85. The summed E-state index contributed by atoms with van der Waals surface area (Å²) in [5, 5.41) is 2.80. The molecule has 0 heterocycles. The highest BCUT2D eigenvalue weighted by Gasteiger charge is 2.31. The second-order valence-corrected chi connectivity index (χ2v) is 8.50. The first kappa shape index (κ1) is 22.8. The van der Waals surface area contributed by atoms with Crippen LogP contribution in [0.1, 0.15) is 12.5 Å². The maximum Gasteiger partial charge on any atom is 0.573 e. The molecule has 0 aliphatic heterocycles. The highest BCUT2D eigenvalue weighted by molar-refractivity contribution is 7.92. The Kier molecular flexibility index (Phi) is 6.69. The molecule has 29 heavy (non-hydrogen) atoms. The maximum atomic E-state index is 12.6. The first-order valence-electron chi connectivity index (χ1n) is 8.20. The molecule has 11 heteroatoms. The van der Waals surface area contributed by atoms with Gasteiger partial charge in [-0.25, -0.2) is 8.42 Å². The van der Waals surface area contributed by atoms with Crippen LogP contribution in [0.2, 0.25) is 5.02 Å². The highest BCUT2D eigenvalue weighted by atomic mass is 35.5. The molecule has 2 rings (SSSR count). The largest absolute Gasteiger partial charge is 0.573 e. The predicted octanol–water partition coefficient (Wildman–Crippen LogP) is 4.34. The SMILES string of the molecule is Cc1ccc(N([C@H](C)C(=O)Nc2ccc(OC(F)(F)F)cc2)S(C)(=O)=O)cc1Cl. The molecule has 0 radical (unpaired) electrons. The van der Waals surface area contributed by atoms with Gasteiger partial charge in [0.05, 0.1) is 11.9 Å². The van der Waals surface area contributed by atoms with Gasteiger partial charge in [0.1, 0.15) is 11.8 Å². The smallest absolute Gasteiger partial charge is 0.406 e. The van der Waals surface area contributed by atoms with Crippen molar-refractivity contribution in [1.29, 1.82) is 0 Å². The summed E-state index contributed by atoms with van der Waals surface area (Å²) in [6.07, 6.45) is -3.88. The summed E-state index contributed by atoms with van der Waals surface area (Å²) in [4.78, 5) is 12.6. The second kappa shape index (κ2) is 8.50. The number of sulfonamides is 1. The Bertz CT molecular complexity index is 995. The van der Waals surface area contributed by atoms with Gasteiger partial charge in [0, 0.05) is 10.7 Å². The van der Waals surface area contributed by atoms with Crippen molar-refractivity contribution in [2.45, 2.75) is 26.3 Å². The molecule has 1 atom stereocenters. The topological polar surface area (TPSA) is 75.7 Å². The Hall–Kier alpha value is -2.46. The second-order valence-electron chi connectivity index (χ2n) is 6.23. The van der Waals surface area contributed by atoms with Crippen molar-refractivity contribution in [2.75, 3.05) is 15.9 Å². The molecule has 2 aromatic rings. The summed E-state index contributed by atoms with van der Waals surface area (Å²) in [5.41, 5.74) is 1.12. The molecule has 0 bridgehead atoms. The van der Waals surface area contributed by atoms with E-state index in [1.54, 1.807) is 13.0 Å². The zero-order valence-electron chi connectivity index (χ0n) is 15.6. The molecule has 0 aliphatic carbocycles. The lowest BCUT2D eigenvalue weighted by Gasteiger charge is -2.28. The van der Waals surface area contributed by atoms with Gasteiger partial charge < -0.3 is 10.1 Å². The molecule has 1 amide bonds. The van der Waals surface area contributed by atoms with Crippen molar-refractivity contribution >= 4 is 38.9 Å². The van der Waals surface area contributed by atoms with Crippen molar-refractivity contribution in [3.8, 4) is 5.75 Å². The van der Waals surface area contributed by atoms with Crippen LogP contribution in [0, 0.1) is 6.92 Å². The fourth-order valence-electron chi connectivity index (χ4n) is 2.51. The average molecular weight is 451 g/mol. The number of aryl methyl sites for hydroxylation is 1. The van der Waals surface area contributed by atoms with Crippen molar-refractivity contribution in [3.05, 3.63) is 53.1 Å². The van der Waals surface area contributed by atoms with Crippen molar-refractivity contribution < 1.29 is 31.1 Å². The summed E-state index contributed by atoms with van der Waals surface area (Å²) < 4.78 is 65.9. The minimum Gasteiger partial charge on any atom is -0.406 e. The van der Waals surface area contributed by atoms with Crippen LogP contribution in [0.4, 0.5) is 24.5 Å². The monoisotopic (exact) mass is 450 g/mol. The molecular weight excluding hydrogens is 433 g/mol. The number of carbonyl (C=O) groups excluding carboxylic acids is 1. The standard InChI is InChI=1S/C18H18ClF3N2O4S/c1-11-4-7-14(10-16(11)19)24(29(3,26)27)12(2)17(25)23-13-5-8-15(9-6-13)28-18(20,21)22/h4-10,12H,1-3H3,(H,23,25)/t12-/m1/s1. The van der Waals surface area contributed by atoms with Gasteiger partial charge in [-0.05, 0) is 55.8 Å². The Labute approximate surface area is 171 Å². The summed E-state index contributed by atoms with van der Waals surface area (Å²) in [6, 6.07) is 7.90. The van der Waals surface area contributed by atoms with E-state index in [9.17, 15) is 26.4 Å². The van der Waals surface area contributed by atoms with Gasteiger partial charge in [0.2, 0.25) is 15.9 Å². The number of hydrogen-bond acceptors (Lipinski definition) is 4. The van der Waals surface area contributed by atoms with E-state index in [0.717, 1.165) is 28.3 Å². The lowest BCUT2D eigenvalue weighted by molar-refractivity contribution is -0.274. The number of halogens is 4. The van der Waals surface area contributed by atoms with Crippen molar-refractivity contribution in [1.82, 2.24) is 0 Å². The lowest BCUT2D eigenvalue weighted by Crippen LogP contribution is -2.45. The average Bonchev–Trinajstić information content (AvgIpc) is 2.57. The number of hydrogen-bond donors (Lipinski definition) is 1. The van der Waals surface area contributed by atoms with E-state index in [1.165, 1.54) is 31.2 Å². The van der Waals surface area contributed by atoms with E-state index in [1.807, 2.05) is 0 Å². The van der Waals surface area contributed by atoms with Gasteiger partial charge in [-0.3, -0.25) is 9.10 Å². The van der Waals surface area contributed by atoms with E-state index >= 15 is 0 Å². The van der Waals surface area contributed by atoms with Crippen LogP contribution in [-0.4, -0.2) is 33.0 Å². The molecule has 6 nitrogen and oxygen atoms in total. The van der Waals surface area contributed by atoms with Gasteiger partial charge in [-0.15, -0.1) is 13.2 Å². The minimum atomic E-state index is -4.83. The van der Waals surface area contributed by atoms with E-state index in [-0.39, 0.29) is 11.4 Å². The van der Waals surface area contributed by atoms with Crippen LogP contribution < -0.4 is 14.4 Å². The summed E-state index contributed by atoms with van der Waals surface area (Å²) in [7, 11) is -3.84. The summed E-state index contributed by atoms with van der Waals surface area (Å²) in [6.45, 7) is 3.13. The van der Waals surface area contributed by atoms with Gasteiger partial charge in [-0.2, -0.15) is 0 Å². The number of carbonyl (C=O) groups is 1. The molecule has 0 saturated heterocycles. The van der Waals surface area contributed by atoms with Gasteiger partial charge in [0.25, 0.3) is 0 Å². The van der Waals surface area contributed by atoms with Gasteiger partial charge in [0.15, 0.2) is 0 Å². The molecule has 0 unspecified atom stereocenters. The molecule has 0 aromatic heterocycles. The number of anilines is 2. The number of ether oxygens (including phenoxy) is 1. The number of rotatable bonds is 6. The molecule has 158 valence electrons. The first-order valence-corrected chi connectivity index (χ1v) is 10.4. The van der Waals surface area contributed by atoms with Crippen molar-refractivity contribution in [2.24, 2.45) is 0 Å². The van der Waals surface area contributed by atoms with Crippen LogP contribution in [-0.2, 0) is 14.8 Å². The molecule has 0 saturated carbocycles. The minimum absolute atomic E-state index is 0.173.